The molecule has 2 heterocycles. The van der Waals surface area contributed by atoms with Crippen LogP contribution in [0.5, 0.6) is 0 Å². The predicted molar refractivity (Wildman–Crippen MR) is 80.2 cm³/mol. The Morgan fingerprint density at radius 2 is 1.90 bits per heavy atom. The summed E-state index contributed by atoms with van der Waals surface area (Å²) in [7, 11) is 0. The first kappa shape index (κ1) is 14.4. The summed E-state index contributed by atoms with van der Waals surface area (Å²) in [4.78, 5) is 14.2. The molecule has 0 aliphatic carbocycles. The minimum absolute atomic E-state index is 0.0767. The molecule has 1 atom stereocenters. The highest BCUT2D eigenvalue weighted by atomic mass is 16.6. The van der Waals surface area contributed by atoms with Gasteiger partial charge in [0.05, 0.1) is 19.8 Å². The van der Waals surface area contributed by atoms with Crippen LogP contribution in [-0.4, -0.2) is 55.9 Å². The van der Waals surface area contributed by atoms with Crippen LogP contribution < -0.4 is 5.32 Å². The van der Waals surface area contributed by atoms with Crippen molar-refractivity contribution in [2.45, 2.75) is 25.0 Å². The van der Waals surface area contributed by atoms with Gasteiger partial charge in [0.1, 0.15) is 0 Å². The van der Waals surface area contributed by atoms with Crippen molar-refractivity contribution < 1.29 is 14.3 Å². The quantitative estimate of drug-likeness (QED) is 0.916. The number of hydrogen-bond acceptors (Lipinski definition) is 4. The Kier molecular flexibility index (Phi) is 4.72. The first-order valence-corrected chi connectivity index (χ1v) is 7.62. The Balaban J connectivity index is 1.47. The zero-order valence-electron chi connectivity index (χ0n) is 12.2. The lowest BCUT2D eigenvalue weighted by Gasteiger charge is -2.35. The van der Waals surface area contributed by atoms with Gasteiger partial charge in [-0.3, -0.25) is 4.79 Å². The SMILES string of the molecule is O=C(C1COCCO1)N1CCC(Nc2ccccc2)CC1. The van der Waals surface area contributed by atoms with E-state index in [1.54, 1.807) is 0 Å². The largest absolute Gasteiger partial charge is 0.382 e. The van der Waals surface area contributed by atoms with E-state index in [2.05, 4.69) is 17.4 Å². The summed E-state index contributed by atoms with van der Waals surface area (Å²) in [6, 6.07) is 10.6. The first-order valence-electron chi connectivity index (χ1n) is 7.62. The highest BCUT2D eigenvalue weighted by molar-refractivity contribution is 5.81. The number of rotatable bonds is 3. The van der Waals surface area contributed by atoms with Crippen molar-refractivity contribution in [3.8, 4) is 0 Å². The first-order chi connectivity index (χ1) is 10.3. The standard InChI is InChI=1S/C16H22N2O3/c19-16(15-12-20-10-11-21-15)18-8-6-14(7-9-18)17-13-4-2-1-3-5-13/h1-5,14-15,17H,6-12H2. The molecule has 1 aromatic carbocycles. The lowest BCUT2D eigenvalue weighted by Crippen LogP contribution is -2.49. The van der Waals surface area contributed by atoms with Gasteiger partial charge in [-0.05, 0) is 25.0 Å². The van der Waals surface area contributed by atoms with Gasteiger partial charge in [-0.1, -0.05) is 18.2 Å². The zero-order chi connectivity index (χ0) is 14.5. The summed E-state index contributed by atoms with van der Waals surface area (Å²) < 4.78 is 10.8. The van der Waals surface area contributed by atoms with E-state index in [1.165, 1.54) is 0 Å². The van der Waals surface area contributed by atoms with Gasteiger partial charge in [-0.25, -0.2) is 0 Å². The number of nitrogens with one attached hydrogen (secondary N) is 1. The number of likely N-dealkylation sites (tertiary alicyclic amines) is 1. The summed E-state index contributed by atoms with van der Waals surface area (Å²) in [6.07, 6.45) is 1.53. The van der Waals surface area contributed by atoms with Crippen LogP contribution in [0.2, 0.25) is 0 Å². The van der Waals surface area contributed by atoms with Crippen molar-refractivity contribution in [3.63, 3.8) is 0 Å². The summed E-state index contributed by atoms with van der Waals surface area (Å²) in [5.41, 5.74) is 1.14. The lowest BCUT2D eigenvalue weighted by atomic mass is 10.0. The van der Waals surface area contributed by atoms with Gasteiger partial charge in [0, 0.05) is 24.8 Å². The third kappa shape index (κ3) is 3.74. The van der Waals surface area contributed by atoms with Crippen molar-refractivity contribution in [3.05, 3.63) is 30.3 Å². The van der Waals surface area contributed by atoms with E-state index in [9.17, 15) is 4.79 Å². The van der Waals surface area contributed by atoms with Gasteiger partial charge in [0.15, 0.2) is 6.10 Å². The van der Waals surface area contributed by atoms with Crippen molar-refractivity contribution in [2.24, 2.45) is 0 Å². The van der Waals surface area contributed by atoms with Crippen LogP contribution in [-0.2, 0) is 14.3 Å². The summed E-state index contributed by atoms with van der Waals surface area (Å²) in [5, 5.41) is 3.53. The monoisotopic (exact) mass is 290 g/mol. The third-order valence-electron chi connectivity index (χ3n) is 4.04. The van der Waals surface area contributed by atoms with Crippen molar-refractivity contribution in [2.75, 3.05) is 38.2 Å². The van der Waals surface area contributed by atoms with E-state index >= 15 is 0 Å². The highest BCUT2D eigenvalue weighted by Gasteiger charge is 2.30. The molecule has 1 N–H and O–H groups in total. The second-order valence-corrected chi connectivity index (χ2v) is 5.54. The minimum Gasteiger partial charge on any atom is -0.382 e. The molecule has 2 aliphatic heterocycles. The minimum atomic E-state index is -0.405. The van der Waals surface area contributed by atoms with Crippen LogP contribution in [0.4, 0.5) is 5.69 Å². The molecule has 5 heteroatoms. The molecule has 3 rings (SSSR count). The van der Waals surface area contributed by atoms with E-state index in [1.807, 2.05) is 23.1 Å². The molecule has 0 saturated carbocycles. The topological polar surface area (TPSA) is 50.8 Å². The molecule has 0 bridgehead atoms. The fourth-order valence-electron chi connectivity index (χ4n) is 2.85. The molecule has 114 valence electrons. The van der Waals surface area contributed by atoms with Crippen LogP contribution >= 0.6 is 0 Å². The average molecular weight is 290 g/mol. The molecule has 2 aliphatic rings. The van der Waals surface area contributed by atoms with Gasteiger partial charge in [-0.2, -0.15) is 0 Å². The normalized spacial score (nSPS) is 23.8. The molecule has 5 nitrogen and oxygen atoms in total. The van der Waals surface area contributed by atoms with Crippen molar-refractivity contribution >= 4 is 11.6 Å². The van der Waals surface area contributed by atoms with Gasteiger partial charge >= 0.3 is 0 Å². The highest BCUT2D eigenvalue weighted by Crippen LogP contribution is 2.18. The molecule has 2 saturated heterocycles. The molecule has 2 fully saturated rings. The molecular formula is C16H22N2O3. The lowest BCUT2D eigenvalue weighted by molar-refractivity contribution is -0.158. The predicted octanol–water partition coefficient (Wildman–Crippen LogP) is 1.50. The number of para-hydroxylation sites is 1. The third-order valence-corrected chi connectivity index (χ3v) is 4.04. The Morgan fingerprint density at radius 3 is 2.57 bits per heavy atom. The van der Waals surface area contributed by atoms with Crippen LogP contribution in [0.3, 0.4) is 0 Å². The number of ether oxygens (including phenoxy) is 2. The Bertz CT molecular complexity index is 452. The van der Waals surface area contributed by atoms with Crippen LogP contribution in [0.25, 0.3) is 0 Å². The van der Waals surface area contributed by atoms with Gasteiger partial charge < -0.3 is 19.7 Å². The number of carbonyl (C=O) groups excluding carboxylic acids is 1. The van der Waals surface area contributed by atoms with Gasteiger partial charge in [0.2, 0.25) is 0 Å². The number of amides is 1. The van der Waals surface area contributed by atoms with E-state index in [0.717, 1.165) is 31.6 Å². The fraction of sp³-hybridized carbons (Fsp3) is 0.562. The number of nitrogens with zero attached hydrogens (tertiary/aromatic N) is 1. The molecular weight excluding hydrogens is 268 g/mol. The fourth-order valence-corrected chi connectivity index (χ4v) is 2.85. The summed E-state index contributed by atoms with van der Waals surface area (Å²) in [6.45, 7) is 3.06. The molecule has 1 aromatic rings. The van der Waals surface area contributed by atoms with E-state index in [-0.39, 0.29) is 5.91 Å². The maximum atomic E-state index is 12.3. The Labute approximate surface area is 125 Å². The van der Waals surface area contributed by atoms with Gasteiger partial charge in [0.25, 0.3) is 5.91 Å². The number of piperidine rings is 1. The number of anilines is 1. The Hall–Kier alpha value is -1.59. The maximum absolute atomic E-state index is 12.3. The second-order valence-electron chi connectivity index (χ2n) is 5.54. The van der Waals surface area contributed by atoms with E-state index in [4.69, 9.17) is 9.47 Å². The average Bonchev–Trinajstić information content (AvgIpc) is 2.57. The van der Waals surface area contributed by atoms with E-state index < -0.39 is 6.10 Å². The van der Waals surface area contributed by atoms with Gasteiger partial charge in [-0.15, -0.1) is 0 Å². The van der Waals surface area contributed by atoms with Crippen LogP contribution in [0.15, 0.2) is 30.3 Å². The Morgan fingerprint density at radius 1 is 1.14 bits per heavy atom. The molecule has 1 amide bonds. The van der Waals surface area contributed by atoms with E-state index in [0.29, 0.717) is 25.9 Å². The van der Waals surface area contributed by atoms with Crippen molar-refractivity contribution in [1.29, 1.82) is 0 Å². The zero-order valence-corrected chi connectivity index (χ0v) is 12.2. The molecule has 0 spiro atoms. The number of benzene rings is 1. The van der Waals surface area contributed by atoms with Crippen LogP contribution in [0.1, 0.15) is 12.8 Å². The number of carbonyl (C=O) groups is 1. The smallest absolute Gasteiger partial charge is 0.254 e. The molecule has 0 radical (unpaired) electrons. The summed E-state index contributed by atoms with van der Waals surface area (Å²) in [5.74, 6) is 0.0767. The van der Waals surface area contributed by atoms with Crippen molar-refractivity contribution in [1.82, 2.24) is 4.90 Å². The van der Waals surface area contributed by atoms with Crippen LogP contribution in [0, 0.1) is 0 Å². The second kappa shape index (κ2) is 6.91. The molecule has 1 unspecified atom stereocenters. The summed E-state index contributed by atoms with van der Waals surface area (Å²) >= 11 is 0. The molecule has 0 aromatic heterocycles. The molecule has 21 heavy (non-hydrogen) atoms. The maximum Gasteiger partial charge on any atom is 0.254 e. The number of hydrogen-bond donors (Lipinski definition) is 1.